The van der Waals surface area contributed by atoms with Crippen LogP contribution in [0.3, 0.4) is 0 Å². The molecule has 1 heterocycles. The molecule has 1 aromatic carbocycles. The first kappa shape index (κ1) is 14.5. The van der Waals surface area contributed by atoms with Gasteiger partial charge in [-0.2, -0.15) is 0 Å². The maximum absolute atomic E-state index is 11.0. The van der Waals surface area contributed by atoms with Crippen molar-refractivity contribution in [3.63, 3.8) is 0 Å². The summed E-state index contributed by atoms with van der Waals surface area (Å²) in [6.45, 7) is 0.228. The molecule has 20 heavy (non-hydrogen) atoms. The third-order valence-electron chi connectivity index (χ3n) is 2.54. The van der Waals surface area contributed by atoms with E-state index in [0.717, 1.165) is 5.01 Å². The van der Waals surface area contributed by atoms with Crippen molar-refractivity contribution in [1.29, 1.82) is 0 Å². The van der Waals surface area contributed by atoms with Crippen LogP contribution >= 0.6 is 22.9 Å². The Balaban J connectivity index is 2.30. The summed E-state index contributed by atoms with van der Waals surface area (Å²) in [5.41, 5.74) is 0.296. The molecule has 2 aromatic rings. The topological polar surface area (TPSA) is 74.5 Å². The molecular weight excluding hydrogens is 304 g/mol. The number of nitro groups is 1. The van der Waals surface area contributed by atoms with Gasteiger partial charge >= 0.3 is 0 Å². The van der Waals surface area contributed by atoms with Gasteiger partial charge in [-0.25, -0.2) is 4.98 Å². The predicted octanol–water partition coefficient (Wildman–Crippen LogP) is 3.38. The van der Waals surface area contributed by atoms with Crippen LogP contribution in [0.1, 0.15) is 10.6 Å². The molecule has 0 radical (unpaired) electrons. The van der Waals surface area contributed by atoms with Crippen molar-refractivity contribution in [3.8, 4) is 11.5 Å². The number of methoxy groups -OCH3 is 1. The summed E-state index contributed by atoms with van der Waals surface area (Å²) in [5, 5.41) is 13.6. The van der Waals surface area contributed by atoms with E-state index in [2.05, 4.69) is 4.98 Å². The average molecular weight is 315 g/mol. The Kier molecular flexibility index (Phi) is 4.75. The van der Waals surface area contributed by atoms with E-state index in [9.17, 15) is 10.1 Å². The van der Waals surface area contributed by atoms with Crippen molar-refractivity contribution in [2.75, 3.05) is 7.11 Å². The van der Waals surface area contributed by atoms with E-state index in [1.165, 1.54) is 30.6 Å². The molecule has 0 aliphatic carbocycles. The zero-order valence-corrected chi connectivity index (χ0v) is 12.1. The van der Waals surface area contributed by atoms with Crippen molar-refractivity contribution >= 4 is 28.6 Å². The van der Waals surface area contributed by atoms with Gasteiger partial charge in [0.05, 0.1) is 24.0 Å². The lowest BCUT2D eigenvalue weighted by Crippen LogP contribution is -2.01. The molecule has 0 saturated carbocycles. The van der Waals surface area contributed by atoms with E-state index in [1.807, 2.05) is 5.38 Å². The molecule has 0 fully saturated rings. The van der Waals surface area contributed by atoms with Crippen molar-refractivity contribution in [3.05, 3.63) is 44.4 Å². The Morgan fingerprint density at radius 2 is 2.25 bits per heavy atom. The minimum Gasteiger partial charge on any atom is -0.493 e. The quantitative estimate of drug-likeness (QED) is 0.464. The number of nitro benzene ring substituents is 1. The highest BCUT2D eigenvalue weighted by Crippen LogP contribution is 2.35. The first-order valence-corrected chi connectivity index (χ1v) is 6.99. The zero-order valence-electron chi connectivity index (χ0n) is 10.5. The SMILES string of the molecule is COc1cc(CCl)c([N+](=O)[O-])cc1OCc1nccs1. The standard InChI is InChI=1S/C12H11ClN2O4S/c1-18-10-4-8(6-13)9(15(16)17)5-11(10)19-7-12-14-2-3-20-12/h2-5H,6-7H2,1H3. The van der Waals surface area contributed by atoms with Crippen molar-refractivity contribution < 1.29 is 14.4 Å². The van der Waals surface area contributed by atoms with Crippen LogP contribution in [-0.2, 0) is 12.5 Å². The van der Waals surface area contributed by atoms with E-state index >= 15 is 0 Å². The Labute approximate surface area is 124 Å². The molecule has 2 rings (SSSR count). The molecule has 0 aliphatic heterocycles. The maximum Gasteiger partial charge on any atom is 0.277 e. The number of alkyl halides is 1. The van der Waals surface area contributed by atoms with Gasteiger partial charge in [0.2, 0.25) is 0 Å². The van der Waals surface area contributed by atoms with Crippen LogP contribution in [0.5, 0.6) is 11.5 Å². The summed E-state index contributed by atoms with van der Waals surface area (Å²) < 4.78 is 10.7. The third-order valence-corrected chi connectivity index (χ3v) is 3.58. The van der Waals surface area contributed by atoms with Crippen LogP contribution < -0.4 is 9.47 Å². The lowest BCUT2D eigenvalue weighted by atomic mass is 10.2. The molecule has 0 bridgehead atoms. The summed E-state index contributed by atoms with van der Waals surface area (Å²) in [4.78, 5) is 14.6. The van der Waals surface area contributed by atoms with Gasteiger partial charge in [0.15, 0.2) is 11.5 Å². The van der Waals surface area contributed by atoms with Crippen LogP contribution in [-0.4, -0.2) is 17.0 Å². The normalized spacial score (nSPS) is 10.3. The van der Waals surface area contributed by atoms with Crippen LogP contribution in [0.15, 0.2) is 23.7 Å². The molecular formula is C12H11ClN2O4S. The number of hydrogen-bond acceptors (Lipinski definition) is 6. The molecule has 0 N–H and O–H groups in total. The fraction of sp³-hybridized carbons (Fsp3) is 0.250. The first-order chi connectivity index (χ1) is 9.65. The number of thiazole rings is 1. The Morgan fingerprint density at radius 1 is 1.45 bits per heavy atom. The number of hydrogen-bond donors (Lipinski definition) is 0. The number of aromatic nitrogens is 1. The fourth-order valence-corrected chi connectivity index (χ4v) is 2.35. The van der Waals surface area contributed by atoms with Gasteiger partial charge < -0.3 is 9.47 Å². The lowest BCUT2D eigenvalue weighted by molar-refractivity contribution is -0.385. The van der Waals surface area contributed by atoms with Crippen LogP contribution in [0.2, 0.25) is 0 Å². The van der Waals surface area contributed by atoms with Gasteiger partial charge in [0.25, 0.3) is 5.69 Å². The second kappa shape index (κ2) is 6.53. The third kappa shape index (κ3) is 3.17. The van der Waals surface area contributed by atoms with Crippen LogP contribution in [0.4, 0.5) is 5.69 Å². The van der Waals surface area contributed by atoms with Gasteiger partial charge in [-0.3, -0.25) is 10.1 Å². The van der Waals surface area contributed by atoms with Crippen molar-refractivity contribution in [2.45, 2.75) is 12.5 Å². The molecule has 106 valence electrons. The number of halogens is 1. The molecule has 0 unspecified atom stereocenters. The summed E-state index contributed by atoms with van der Waals surface area (Å²) in [5.74, 6) is 0.727. The monoisotopic (exact) mass is 314 g/mol. The molecule has 0 amide bonds. The minimum atomic E-state index is -0.493. The lowest BCUT2D eigenvalue weighted by Gasteiger charge is -2.11. The number of benzene rings is 1. The Morgan fingerprint density at radius 3 is 2.80 bits per heavy atom. The highest BCUT2D eigenvalue weighted by atomic mass is 35.5. The Bertz CT molecular complexity index is 604. The van der Waals surface area contributed by atoms with Gasteiger partial charge in [-0.05, 0) is 6.07 Å². The molecule has 0 spiro atoms. The summed E-state index contributed by atoms with van der Waals surface area (Å²) >= 11 is 7.15. The largest absolute Gasteiger partial charge is 0.493 e. The smallest absolute Gasteiger partial charge is 0.277 e. The van der Waals surface area contributed by atoms with E-state index in [0.29, 0.717) is 17.1 Å². The van der Waals surface area contributed by atoms with Crippen molar-refractivity contribution in [1.82, 2.24) is 4.98 Å². The van der Waals surface area contributed by atoms with E-state index in [1.54, 1.807) is 6.20 Å². The summed E-state index contributed by atoms with van der Waals surface area (Å²) in [6.07, 6.45) is 1.67. The van der Waals surface area contributed by atoms with E-state index < -0.39 is 4.92 Å². The second-order valence-corrected chi connectivity index (χ2v) is 4.98. The van der Waals surface area contributed by atoms with Crippen LogP contribution in [0, 0.1) is 10.1 Å². The van der Waals surface area contributed by atoms with Crippen molar-refractivity contribution in [2.24, 2.45) is 0 Å². The highest BCUT2D eigenvalue weighted by Gasteiger charge is 2.19. The first-order valence-electron chi connectivity index (χ1n) is 5.58. The maximum atomic E-state index is 11.0. The summed E-state index contributed by atoms with van der Waals surface area (Å²) in [6, 6.07) is 2.84. The van der Waals surface area contributed by atoms with E-state index in [-0.39, 0.29) is 18.2 Å². The fourth-order valence-electron chi connectivity index (χ4n) is 1.60. The number of ether oxygens (including phenoxy) is 2. The summed E-state index contributed by atoms with van der Waals surface area (Å²) in [7, 11) is 1.47. The average Bonchev–Trinajstić information content (AvgIpc) is 2.97. The van der Waals surface area contributed by atoms with Gasteiger partial charge in [-0.15, -0.1) is 22.9 Å². The van der Waals surface area contributed by atoms with Gasteiger partial charge in [-0.1, -0.05) is 0 Å². The van der Waals surface area contributed by atoms with Gasteiger partial charge in [0, 0.05) is 17.1 Å². The molecule has 0 saturated heterocycles. The predicted molar refractivity (Wildman–Crippen MR) is 75.7 cm³/mol. The molecule has 6 nitrogen and oxygen atoms in total. The van der Waals surface area contributed by atoms with Gasteiger partial charge in [0.1, 0.15) is 11.6 Å². The minimum absolute atomic E-state index is 0.0272. The number of nitrogens with zero attached hydrogens (tertiary/aromatic N) is 2. The highest BCUT2D eigenvalue weighted by molar-refractivity contribution is 7.09. The second-order valence-electron chi connectivity index (χ2n) is 3.74. The Hall–Kier alpha value is -1.86. The zero-order chi connectivity index (χ0) is 14.5. The van der Waals surface area contributed by atoms with Crippen LogP contribution in [0.25, 0.3) is 0 Å². The molecule has 1 aromatic heterocycles. The number of rotatable bonds is 6. The molecule has 0 atom stereocenters. The molecule has 0 aliphatic rings. The van der Waals surface area contributed by atoms with E-state index in [4.69, 9.17) is 21.1 Å². The molecule has 8 heteroatoms.